The molecular formula is C46H53ClN12O6. The molecule has 65 heavy (non-hydrogen) atoms. The molecule has 0 radical (unpaired) electrons. The van der Waals surface area contributed by atoms with Crippen molar-refractivity contribution in [3.05, 3.63) is 128 Å². The third-order valence-corrected chi connectivity index (χ3v) is 8.72. The molecule has 0 fully saturated rings. The number of nitrogens with zero attached hydrogens (tertiary/aromatic N) is 8. The fraction of sp³-hybridized carbons (Fsp3) is 0.217. The summed E-state index contributed by atoms with van der Waals surface area (Å²) in [6.07, 6.45) is 10.9. The predicted molar refractivity (Wildman–Crippen MR) is 256 cm³/mol. The van der Waals surface area contributed by atoms with Gasteiger partial charge in [0.25, 0.3) is 11.8 Å². The van der Waals surface area contributed by atoms with Gasteiger partial charge in [-0.05, 0) is 85.1 Å². The zero-order valence-corrected chi connectivity index (χ0v) is 37.9. The third kappa shape index (κ3) is 16.3. The summed E-state index contributed by atoms with van der Waals surface area (Å²) in [7, 11) is 7.02. The molecule has 0 saturated heterocycles. The lowest BCUT2D eigenvalue weighted by atomic mass is 10.3. The van der Waals surface area contributed by atoms with Crippen molar-refractivity contribution in [2.24, 2.45) is 0 Å². The number of carbonyl (C=O) groups excluding carboxylic acids is 2. The van der Waals surface area contributed by atoms with Crippen molar-refractivity contribution in [3.63, 3.8) is 0 Å². The average molecular weight is 905 g/mol. The molecule has 2 amide bonds. The lowest BCUT2D eigenvalue weighted by molar-refractivity contribution is -0.112. The number of nitrogen functional groups attached to an aromatic ring is 1. The van der Waals surface area contributed by atoms with Crippen LogP contribution in [0, 0.1) is 0 Å². The summed E-state index contributed by atoms with van der Waals surface area (Å²) < 4.78 is 21.9. The minimum atomic E-state index is -0.311. The fourth-order valence-corrected chi connectivity index (χ4v) is 5.52. The van der Waals surface area contributed by atoms with Crippen molar-refractivity contribution in [1.82, 2.24) is 29.9 Å². The molecule has 6 rings (SSSR count). The van der Waals surface area contributed by atoms with Crippen LogP contribution in [0.1, 0.15) is 26.7 Å². The predicted octanol–water partition coefficient (Wildman–Crippen LogP) is 8.95. The van der Waals surface area contributed by atoms with E-state index < -0.39 is 0 Å². The van der Waals surface area contributed by atoms with Crippen molar-refractivity contribution in [2.75, 3.05) is 72.9 Å². The number of pyridine rings is 2. The number of carbonyl (C=O) groups is 2. The molecule has 2 aromatic carbocycles. The Morgan fingerprint density at radius 2 is 1.18 bits per heavy atom. The van der Waals surface area contributed by atoms with Gasteiger partial charge < -0.3 is 50.4 Å². The first kappa shape index (κ1) is 49.7. The van der Waals surface area contributed by atoms with Crippen molar-refractivity contribution in [1.29, 1.82) is 0 Å². The van der Waals surface area contributed by atoms with Crippen LogP contribution in [0.15, 0.2) is 123 Å². The molecular weight excluding hydrogens is 852 g/mol. The molecule has 4 aromatic heterocycles. The number of ether oxygens (including phenoxy) is 4. The Hall–Kier alpha value is -7.99. The first-order chi connectivity index (χ1) is 31.4. The number of methoxy groups -OCH3 is 2. The molecule has 0 atom stereocenters. The van der Waals surface area contributed by atoms with E-state index >= 15 is 0 Å². The second-order valence-electron chi connectivity index (χ2n) is 13.5. The number of halogens is 1. The van der Waals surface area contributed by atoms with Gasteiger partial charge in [-0.3, -0.25) is 9.59 Å². The van der Waals surface area contributed by atoms with E-state index in [2.05, 4.69) is 82.7 Å². The first-order valence-corrected chi connectivity index (χ1v) is 20.5. The van der Waals surface area contributed by atoms with Gasteiger partial charge in [0.05, 0.1) is 50.4 Å². The van der Waals surface area contributed by atoms with Crippen LogP contribution < -0.4 is 50.4 Å². The first-order valence-electron chi connectivity index (χ1n) is 20.1. The maximum Gasteiger partial charge on any atom is 0.267 e. The summed E-state index contributed by atoms with van der Waals surface area (Å²) in [5.74, 6) is 3.63. The largest absolute Gasteiger partial charge is 0.490 e. The topological polar surface area (TPSA) is 217 Å². The Kier molecular flexibility index (Phi) is 19.7. The molecule has 0 spiro atoms. The summed E-state index contributed by atoms with van der Waals surface area (Å²) in [5, 5.41) is 8.48. The van der Waals surface area contributed by atoms with Crippen molar-refractivity contribution < 1.29 is 28.5 Å². The number of amides is 2. The van der Waals surface area contributed by atoms with Crippen LogP contribution in [-0.2, 0) is 9.59 Å². The van der Waals surface area contributed by atoms with Crippen LogP contribution in [0.4, 0.5) is 40.3 Å². The molecule has 0 saturated carbocycles. The van der Waals surface area contributed by atoms with E-state index in [0.29, 0.717) is 46.0 Å². The van der Waals surface area contributed by atoms with Gasteiger partial charge in [-0.25, -0.2) is 19.9 Å². The highest BCUT2D eigenvalue weighted by Gasteiger charge is 2.13. The molecule has 0 bridgehead atoms. The van der Waals surface area contributed by atoms with Gasteiger partial charge in [-0.1, -0.05) is 39.1 Å². The smallest absolute Gasteiger partial charge is 0.267 e. The lowest BCUT2D eigenvalue weighted by Crippen LogP contribution is -2.18. The van der Waals surface area contributed by atoms with E-state index in [1.165, 1.54) is 38.8 Å². The van der Waals surface area contributed by atoms with Crippen LogP contribution in [0.2, 0.25) is 5.28 Å². The number of hydrogen-bond donors (Lipinski definition) is 4. The Morgan fingerprint density at radius 1 is 0.677 bits per heavy atom. The molecule has 19 heteroatoms. The number of benzene rings is 2. The second-order valence-corrected chi connectivity index (χ2v) is 13.9. The number of nitrogens with one attached hydrogen (secondary N) is 3. The Balaban J connectivity index is 0.000000239. The van der Waals surface area contributed by atoms with Gasteiger partial charge in [0.1, 0.15) is 23.1 Å². The normalized spacial score (nSPS) is 10.0. The maximum absolute atomic E-state index is 11.5. The summed E-state index contributed by atoms with van der Waals surface area (Å²) in [4.78, 5) is 52.1. The van der Waals surface area contributed by atoms with Crippen LogP contribution >= 0.6 is 11.6 Å². The summed E-state index contributed by atoms with van der Waals surface area (Å²) in [6.45, 7) is 13.1. The standard InChI is InChI=1S/C23H26N6O3.C14H12ClN3O3.C9H15N3/c1-5-12-29(3)20-11-10-17(14-24-20)27-23-25-15-19(31-4)22(28-23)32-18-9-7-8-16(13-18)26-21(30)6-2;1-3-12(19)17-9-5-4-6-10(7-9)21-13-11(20-2)8-16-14(15)18-13;1-3-6-12(2)9-5-4-8(10)7-11-9/h6-11,13-15H,2,5,12H2,1,3-4H3,(H,26,30)(H,25,27,28);3-8H,1H2,2H3,(H,17,19);4-5,7H,3,6,10H2,1-2H3. The highest BCUT2D eigenvalue weighted by atomic mass is 35.5. The minimum absolute atomic E-state index is 0.0434. The Morgan fingerprint density at radius 3 is 1.65 bits per heavy atom. The molecule has 0 aliphatic rings. The number of rotatable bonds is 18. The van der Waals surface area contributed by atoms with E-state index in [-0.39, 0.29) is 28.9 Å². The van der Waals surface area contributed by atoms with Gasteiger partial charge >= 0.3 is 0 Å². The van der Waals surface area contributed by atoms with Crippen LogP contribution in [0.25, 0.3) is 0 Å². The molecule has 0 unspecified atom stereocenters. The van der Waals surface area contributed by atoms with Gasteiger partial charge in [0.2, 0.25) is 23.0 Å². The zero-order valence-electron chi connectivity index (χ0n) is 37.1. The van der Waals surface area contributed by atoms with Crippen LogP contribution in [0.3, 0.4) is 0 Å². The van der Waals surface area contributed by atoms with Gasteiger partial charge in [-0.2, -0.15) is 9.97 Å². The van der Waals surface area contributed by atoms with Gasteiger partial charge in [-0.15, -0.1) is 0 Å². The summed E-state index contributed by atoms with van der Waals surface area (Å²) in [5.41, 5.74) is 8.10. The monoisotopic (exact) mass is 904 g/mol. The Labute approximate surface area is 383 Å². The van der Waals surface area contributed by atoms with E-state index in [4.69, 9.17) is 36.3 Å². The maximum atomic E-state index is 11.5. The van der Waals surface area contributed by atoms with Gasteiger partial charge in [0, 0.05) is 50.7 Å². The highest BCUT2D eigenvalue weighted by molar-refractivity contribution is 6.28. The molecule has 5 N–H and O–H groups in total. The molecule has 18 nitrogen and oxygen atoms in total. The number of hydrogen-bond acceptors (Lipinski definition) is 16. The molecule has 0 aliphatic carbocycles. The quantitative estimate of drug-likeness (QED) is 0.0467. The van der Waals surface area contributed by atoms with E-state index in [1.807, 2.05) is 38.4 Å². The van der Waals surface area contributed by atoms with E-state index in [9.17, 15) is 9.59 Å². The van der Waals surface area contributed by atoms with Crippen molar-refractivity contribution in [2.45, 2.75) is 26.7 Å². The van der Waals surface area contributed by atoms with E-state index in [0.717, 1.165) is 43.3 Å². The summed E-state index contributed by atoms with van der Waals surface area (Å²) in [6, 6.07) is 21.4. The number of nitrogens with two attached hydrogens (primary N) is 1. The minimum Gasteiger partial charge on any atom is -0.490 e. The molecule has 4 heterocycles. The van der Waals surface area contributed by atoms with Crippen LogP contribution in [-0.4, -0.2) is 83.1 Å². The van der Waals surface area contributed by atoms with Crippen molar-refractivity contribution >= 4 is 63.7 Å². The van der Waals surface area contributed by atoms with Crippen molar-refractivity contribution in [3.8, 4) is 34.8 Å². The second kappa shape index (κ2) is 25.8. The molecule has 0 aliphatic heterocycles. The number of anilines is 7. The Bertz CT molecular complexity index is 2480. The lowest BCUT2D eigenvalue weighted by Gasteiger charge is -2.17. The highest BCUT2D eigenvalue weighted by Crippen LogP contribution is 2.32. The summed E-state index contributed by atoms with van der Waals surface area (Å²) >= 11 is 5.73. The SMILES string of the molecule is C=CC(=O)Nc1cccc(Oc2nc(Cl)ncc2OC)c1.C=CC(=O)Nc1cccc(Oc2nc(Nc3ccc(N(C)CCC)nc3)ncc2OC)c1.CCCN(C)c1ccc(N)cn1. The van der Waals surface area contributed by atoms with Gasteiger partial charge in [0.15, 0.2) is 11.5 Å². The number of aromatic nitrogens is 6. The fourth-order valence-electron chi connectivity index (χ4n) is 5.40. The van der Waals surface area contributed by atoms with E-state index in [1.54, 1.807) is 60.9 Å². The van der Waals surface area contributed by atoms with Crippen LogP contribution in [0.5, 0.6) is 34.8 Å². The zero-order chi connectivity index (χ0) is 47.1. The molecule has 6 aromatic rings. The third-order valence-electron chi connectivity index (χ3n) is 8.53. The average Bonchev–Trinajstić information content (AvgIpc) is 3.30. The molecule has 340 valence electrons.